The average Bonchev–Trinajstić information content (AvgIpc) is 2.62. The molecule has 0 amide bonds. The van der Waals surface area contributed by atoms with Gasteiger partial charge in [-0.2, -0.15) is 0 Å². The summed E-state index contributed by atoms with van der Waals surface area (Å²) < 4.78 is 19.3. The van der Waals surface area contributed by atoms with Crippen molar-refractivity contribution in [2.45, 2.75) is 33.5 Å². The standard InChI is InChI=1S/C20H25ClFN3O4/c1-6-29-18(26)19(2,3)11-25(5)17-14(20(4,27)28)10-16(23-24-17)13-9-12(21)7-8-15(13)22/h7-10,27-28H,6,11H2,1-5H3. The SMILES string of the molecule is CCOC(=O)C(C)(C)CN(C)c1nnc(-c2cc(Cl)ccc2F)cc1C(C)(O)O. The largest absolute Gasteiger partial charge is 0.466 e. The molecule has 7 nitrogen and oxygen atoms in total. The summed E-state index contributed by atoms with van der Waals surface area (Å²) in [6.07, 6.45) is 0. The maximum absolute atomic E-state index is 14.2. The van der Waals surface area contributed by atoms with Crippen LogP contribution in [0.15, 0.2) is 24.3 Å². The number of aliphatic hydroxyl groups is 2. The van der Waals surface area contributed by atoms with Crippen LogP contribution in [0.2, 0.25) is 5.02 Å². The smallest absolute Gasteiger partial charge is 0.313 e. The first-order valence-electron chi connectivity index (χ1n) is 9.03. The Morgan fingerprint density at radius 3 is 2.48 bits per heavy atom. The lowest BCUT2D eigenvalue weighted by Crippen LogP contribution is -2.40. The van der Waals surface area contributed by atoms with E-state index in [1.54, 1.807) is 32.7 Å². The number of aromatic nitrogens is 2. The third-order valence-corrected chi connectivity index (χ3v) is 4.55. The Hall–Kier alpha value is -2.29. The first kappa shape index (κ1) is 23.0. The summed E-state index contributed by atoms with van der Waals surface area (Å²) in [4.78, 5) is 13.8. The summed E-state index contributed by atoms with van der Waals surface area (Å²) in [6, 6.07) is 5.31. The average molecular weight is 426 g/mol. The predicted octanol–water partition coefficient (Wildman–Crippen LogP) is 3.12. The highest BCUT2D eigenvalue weighted by Crippen LogP contribution is 2.33. The van der Waals surface area contributed by atoms with Crippen LogP contribution in [0.4, 0.5) is 10.2 Å². The number of halogens is 2. The Morgan fingerprint density at radius 1 is 1.24 bits per heavy atom. The fourth-order valence-electron chi connectivity index (χ4n) is 2.90. The molecule has 0 spiro atoms. The van der Waals surface area contributed by atoms with Crippen molar-refractivity contribution in [2.75, 3.05) is 25.1 Å². The van der Waals surface area contributed by atoms with E-state index in [2.05, 4.69) is 10.2 Å². The van der Waals surface area contributed by atoms with Crippen molar-refractivity contribution in [3.8, 4) is 11.3 Å². The lowest BCUT2D eigenvalue weighted by molar-refractivity contribution is -0.152. The van der Waals surface area contributed by atoms with Crippen molar-refractivity contribution >= 4 is 23.4 Å². The van der Waals surface area contributed by atoms with Crippen LogP contribution in [0.25, 0.3) is 11.3 Å². The molecule has 0 radical (unpaired) electrons. The van der Waals surface area contributed by atoms with Gasteiger partial charge in [0.15, 0.2) is 11.6 Å². The van der Waals surface area contributed by atoms with E-state index < -0.39 is 23.0 Å². The van der Waals surface area contributed by atoms with E-state index in [1.165, 1.54) is 24.3 Å². The highest BCUT2D eigenvalue weighted by molar-refractivity contribution is 6.30. The lowest BCUT2D eigenvalue weighted by atomic mass is 9.92. The van der Waals surface area contributed by atoms with Crippen LogP contribution >= 0.6 is 11.6 Å². The molecule has 0 bridgehead atoms. The molecule has 29 heavy (non-hydrogen) atoms. The fraction of sp³-hybridized carbons (Fsp3) is 0.450. The summed E-state index contributed by atoms with van der Waals surface area (Å²) in [5.41, 5.74) is -0.709. The number of esters is 1. The van der Waals surface area contributed by atoms with Crippen LogP contribution in [0.1, 0.15) is 33.3 Å². The molecule has 158 valence electrons. The number of hydrogen-bond donors (Lipinski definition) is 2. The number of carbonyl (C=O) groups excluding carboxylic acids is 1. The van der Waals surface area contributed by atoms with E-state index in [0.29, 0.717) is 5.02 Å². The molecule has 1 aromatic heterocycles. The predicted molar refractivity (Wildman–Crippen MR) is 108 cm³/mol. The molecule has 0 atom stereocenters. The van der Waals surface area contributed by atoms with Gasteiger partial charge < -0.3 is 19.8 Å². The summed E-state index contributed by atoms with van der Waals surface area (Å²) >= 11 is 5.94. The molecule has 1 aromatic carbocycles. The van der Waals surface area contributed by atoms with Gasteiger partial charge in [-0.1, -0.05) is 11.6 Å². The summed E-state index contributed by atoms with van der Waals surface area (Å²) in [5.74, 6) is -3.11. The summed E-state index contributed by atoms with van der Waals surface area (Å²) in [6.45, 7) is 6.73. The van der Waals surface area contributed by atoms with E-state index in [1.807, 2.05) is 0 Å². The van der Waals surface area contributed by atoms with Crippen molar-refractivity contribution in [1.82, 2.24) is 10.2 Å². The molecular weight excluding hydrogens is 401 g/mol. The normalized spacial score (nSPS) is 12.0. The van der Waals surface area contributed by atoms with Gasteiger partial charge in [0.25, 0.3) is 0 Å². The van der Waals surface area contributed by atoms with Gasteiger partial charge in [-0.15, -0.1) is 10.2 Å². The molecule has 0 saturated carbocycles. The number of carbonyl (C=O) groups is 1. The van der Waals surface area contributed by atoms with Crippen LogP contribution in [-0.2, 0) is 15.3 Å². The van der Waals surface area contributed by atoms with Crippen LogP contribution in [-0.4, -0.2) is 46.6 Å². The molecule has 0 aliphatic heterocycles. The minimum atomic E-state index is -2.28. The quantitative estimate of drug-likeness (QED) is 0.519. The second-order valence-corrected chi connectivity index (χ2v) is 8.01. The second-order valence-electron chi connectivity index (χ2n) is 7.57. The third kappa shape index (κ3) is 5.41. The zero-order valence-electron chi connectivity index (χ0n) is 17.0. The fourth-order valence-corrected chi connectivity index (χ4v) is 3.07. The van der Waals surface area contributed by atoms with Gasteiger partial charge in [-0.25, -0.2) is 4.39 Å². The van der Waals surface area contributed by atoms with Gasteiger partial charge in [0.05, 0.1) is 23.3 Å². The van der Waals surface area contributed by atoms with Gasteiger partial charge in [-0.3, -0.25) is 4.79 Å². The van der Waals surface area contributed by atoms with Crippen LogP contribution < -0.4 is 4.90 Å². The maximum atomic E-state index is 14.2. The number of rotatable bonds is 7. The number of anilines is 1. The Kier molecular flexibility index (Phi) is 6.82. The zero-order valence-corrected chi connectivity index (χ0v) is 17.8. The van der Waals surface area contributed by atoms with Crippen molar-refractivity contribution in [3.63, 3.8) is 0 Å². The number of ether oxygens (including phenoxy) is 1. The Bertz CT molecular complexity index is 900. The van der Waals surface area contributed by atoms with Crippen LogP contribution in [0.5, 0.6) is 0 Å². The van der Waals surface area contributed by atoms with Crippen LogP contribution in [0, 0.1) is 11.2 Å². The lowest BCUT2D eigenvalue weighted by Gasteiger charge is -2.31. The molecule has 2 N–H and O–H groups in total. The first-order chi connectivity index (χ1) is 13.4. The second kappa shape index (κ2) is 8.61. The summed E-state index contributed by atoms with van der Waals surface area (Å²) in [7, 11) is 1.64. The van der Waals surface area contributed by atoms with Crippen molar-refractivity contribution in [2.24, 2.45) is 5.41 Å². The minimum absolute atomic E-state index is 0.00374. The number of nitrogens with zero attached hydrogens (tertiary/aromatic N) is 3. The Balaban J connectivity index is 2.47. The van der Waals surface area contributed by atoms with E-state index in [9.17, 15) is 19.4 Å². The molecule has 1 heterocycles. The molecule has 0 aliphatic carbocycles. The van der Waals surface area contributed by atoms with Gasteiger partial charge in [-0.05, 0) is 52.0 Å². The van der Waals surface area contributed by atoms with E-state index in [0.717, 1.165) is 6.92 Å². The van der Waals surface area contributed by atoms with Crippen molar-refractivity contribution in [3.05, 3.63) is 40.7 Å². The Labute approximate surface area is 174 Å². The molecule has 2 rings (SSSR count). The van der Waals surface area contributed by atoms with Crippen molar-refractivity contribution in [1.29, 1.82) is 0 Å². The van der Waals surface area contributed by atoms with Crippen molar-refractivity contribution < 1.29 is 24.1 Å². The van der Waals surface area contributed by atoms with Crippen LogP contribution in [0.3, 0.4) is 0 Å². The monoisotopic (exact) mass is 425 g/mol. The Morgan fingerprint density at radius 2 is 1.90 bits per heavy atom. The molecule has 0 aliphatic rings. The number of benzene rings is 1. The third-order valence-electron chi connectivity index (χ3n) is 4.31. The molecule has 2 aromatic rings. The highest BCUT2D eigenvalue weighted by Gasteiger charge is 2.34. The van der Waals surface area contributed by atoms with E-state index in [-0.39, 0.29) is 35.8 Å². The highest BCUT2D eigenvalue weighted by atomic mass is 35.5. The van der Waals surface area contributed by atoms with Gasteiger partial charge in [0.1, 0.15) is 5.82 Å². The molecule has 0 unspecified atom stereocenters. The molecule has 0 fully saturated rings. The van der Waals surface area contributed by atoms with Gasteiger partial charge in [0.2, 0.25) is 0 Å². The topological polar surface area (TPSA) is 95.8 Å². The maximum Gasteiger partial charge on any atom is 0.313 e. The zero-order chi connectivity index (χ0) is 22.0. The summed E-state index contributed by atoms with van der Waals surface area (Å²) in [5, 5.41) is 28.9. The molecule has 0 saturated heterocycles. The number of hydrogen-bond acceptors (Lipinski definition) is 7. The first-order valence-corrected chi connectivity index (χ1v) is 9.41. The molecular formula is C20H25ClFN3O4. The van der Waals surface area contributed by atoms with E-state index >= 15 is 0 Å². The minimum Gasteiger partial charge on any atom is -0.466 e. The van der Waals surface area contributed by atoms with Gasteiger partial charge in [0, 0.05) is 24.2 Å². The van der Waals surface area contributed by atoms with E-state index in [4.69, 9.17) is 16.3 Å². The van der Waals surface area contributed by atoms with Gasteiger partial charge >= 0.3 is 5.97 Å². The molecule has 9 heteroatoms.